The Morgan fingerprint density at radius 2 is 1.71 bits per heavy atom. The number of allylic oxidation sites excluding steroid dienone is 4. The van der Waals surface area contributed by atoms with Gasteiger partial charge in [-0.1, -0.05) is 0 Å². The zero-order valence-electron chi connectivity index (χ0n) is 9.69. The van der Waals surface area contributed by atoms with Crippen LogP contribution < -0.4 is 0 Å². The summed E-state index contributed by atoms with van der Waals surface area (Å²) in [6, 6.07) is 10.8. The summed E-state index contributed by atoms with van der Waals surface area (Å²) in [7, 11) is 0. The second-order valence-corrected chi connectivity index (χ2v) is 5.43. The Bertz CT molecular complexity index is 382. The summed E-state index contributed by atoms with van der Waals surface area (Å²) in [6.45, 7) is 0. The first kappa shape index (κ1) is 16.4. The predicted molar refractivity (Wildman–Crippen MR) is 65.2 cm³/mol. The molecule has 0 nitrogen and oxygen atoms in total. The van der Waals surface area contributed by atoms with Gasteiger partial charge in [0, 0.05) is 0 Å². The zero-order valence-corrected chi connectivity index (χ0v) is 12.1. The van der Waals surface area contributed by atoms with Gasteiger partial charge in [0.25, 0.3) is 0 Å². The molecule has 91 valence electrons. The number of benzene rings is 1. The van der Waals surface area contributed by atoms with Gasteiger partial charge >= 0.3 is 107 Å². The molecule has 1 aliphatic rings. The maximum absolute atomic E-state index is 2.31. The van der Waals surface area contributed by atoms with Crippen molar-refractivity contribution in [1.29, 1.82) is 0 Å². The van der Waals surface area contributed by atoms with E-state index >= 15 is 0 Å². The Morgan fingerprint density at radius 3 is 2.29 bits per heavy atom. The number of hydrogen-bond acceptors (Lipinski definition) is 0. The van der Waals surface area contributed by atoms with E-state index in [1.54, 1.807) is 33.6 Å². The summed E-state index contributed by atoms with van der Waals surface area (Å²) in [4.78, 5) is 0. The predicted octanol–water partition coefficient (Wildman–Crippen LogP) is 4.08. The van der Waals surface area contributed by atoms with Crippen LogP contribution in [0.4, 0.5) is 9.41 Å². The van der Waals surface area contributed by atoms with Crippen LogP contribution in [0.15, 0.2) is 51.3 Å². The minimum absolute atomic E-state index is 0. The molecule has 17 heavy (non-hydrogen) atoms. The molecule has 0 amide bonds. The van der Waals surface area contributed by atoms with Crippen molar-refractivity contribution < 1.29 is 34.1 Å². The second kappa shape index (κ2) is 8.52. The van der Waals surface area contributed by atoms with Crippen molar-refractivity contribution in [2.75, 3.05) is 0 Å². The van der Waals surface area contributed by atoms with Gasteiger partial charge in [0.2, 0.25) is 0 Å². The van der Waals surface area contributed by atoms with Crippen LogP contribution in [0.1, 0.15) is 24.8 Å². The quantitative estimate of drug-likeness (QED) is 0.786. The molecule has 0 fully saturated rings. The van der Waals surface area contributed by atoms with Crippen molar-refractivity contribution in [3.8, 4) is 0 Å². The maximum atomic E-state index is 2.31. The van der Waals surface area contributed by atoms with Gasteiger partial charge in [-0.25, -0.2) is 0 Å². The first-order valence-corrected chi connectivity index (χ1v) is 6.73. The fraction of sp³-hybridized carbons (Fsp3) is 0.286. The molecule has 0 aliphatic heterocycles. The standard InChI is InChI=1S/C14H15.2FH.Zr/c1-2-7-13(8-3-1)11-6-12-14-9-4-5-10-14;;;/h1-4,7-9H,5-6,11-12H2;2*1H;. The van der Waals surface area contributed by atoms with Gasteiger partial charge in [-0.15, -0.1) is 0 Å². The zero-order chi connectivity index (χ0) is 10.5. The first-order chi connectivity index (χ1) is 7.36. The van der Waals surface area contributed by atoms with Crippen LogP contribution in [-0.4, -0.2) is 0 Å². The number of hydrogen-bond donors (Lipinski definition) is 0. The van der Waals surface area contributed by atoms with E-state index < -0.39 is 0 Å². The molecule has 0 radical (unpaired) electrons. The molecule has 1 aromatic carbocycles. The molecule has 0 unspecified atom stereocenters. The van der Waals surface area contributed by atoms with Gasteiger partial charge < -0.3 is 0 Å². The molecule has 3 heteroatoms. The average molecular weight is 315 g/mol. The molecule has 0 saturated heterocycles. The third-order valence-corrected chi connectivity index (χ3v) is 4.07. The number of halogens is 2. The summed E-state index contributed by atoms with van der Waals surface area (Å²) < 4.78 is 1.65. The van der Waals surface area contributed by atoms with E-state index in [0.29, 0.717) is 0 Å². The molecule has 0 spiro atoms. The van der Waals surface area contributed by atoms with Crippen LogP contribution in [0.25, 0.3) is 0 Å². The van der Waals surface area contributed by atoms with Gasteiger partial charge in [0.1, 0.15) is 0 Å². The summed E-state index contributed by atoms with van der Waals surface area (Å²) >= 11 is 1.59. The van der Waals surface area contributed by atoms with E-state index in [2.05, 4.69) is 42.5 Å². The topological polar surface area (TPSA) is 0 Å². The van der Waals surface area contributed by atoms with E-state index in [-0.39, 0.29) is 9.41 Å². The van der Waals surface area contributed by atoms with Crippen LogP contribution >= 0.6 is 0 Å². The molecule has 0 atom stereocenters. The molecule has 0 bridgehead atoms. The summed E-state index contributed by atoms with van der Waals surface area (Å²) in [5, 5.41) is 0. The van der Waals surface area contributed by atoms with Crippen molar-refractivity contribution in [2.24, 2.45) is 0 Å². The molecule has 2 rings (SSSR count). The Labute approximate surface area is 116 Å². The van der Waals surface area contributed by atoms with E-state index in [1.807, 2.05) is 0 Å². The van der Waals surface area contributed by atoms with Crippen LogP contribution in [0.3, 0.4) is 0 Å². The average Bonchev–Trinajstić information content (AvgIpc) is 2.66. The fourth-order valence-electron chi connectivity index (χ4n) is 1.91. The van der Waals surface area contributed by atoms with E-state index in [0.717, 1.165) is 0 Å². The molecule has 0 heterocycles. The molecule has 1 aromatic rings. The van der Waals surface area contributed by atoms with Crippen LogP contribution in [0.5, 0.6) is 0 Å². The Morgan fingerprint density at radius 1 is 1.00 bits per heavy atom. The normalized spacial score (nSPS) is 13.1. The summed E-state index contributed by atoms with van der Waals surface area (Å²) in [5.41, 5.74) is 3.06. The van der Waals surface area contributed by atoms with Crippen molar-refractivity contribution in [3.63, 3.8) is 0 Å². The molecule has 0 aromatic heterocycles. The van der Waals surface area contributed by atoms with E-state index in [4.69, 9.17) is 0 Å². The molecular weight excluding hydrogens is 297 g/mol. The molecule has 1 aliphatic carbocycles. The summed E-state index contributed by atoms with van der Waals surface area (Å²) in [6.07, 6.45) is 9.56. The van der Waals surface area contributed by atoms with Crippen LogP contribution in [0.2, 0.25) is 0 Å². The minimum atomic E-state index is 0. The van der Waals surface area contributed by atoms with Crippen molar-refractivity contribution in [1.82, 2.24) is 0 Å². The Kier molecular flexibility index (Phi) is 8.24. The van der Waals surface area contributed by atoms with Gasteiger partial charge in [-0.2, -0.15) is 0 Å². The third-order valence-electron chi connectivity index (χ3n) is 2.78. The SMILES string of the molecule is F.F.[Zr][C]1=C(CCCc2ccccc2)C=CC1. The van der Waals surface area contributed by atoms with Crippen molar-refractivity contribution >= 4 is 0 Å². The van der Waals surface area contributed by atoms with Gasteiger partial charge in [-0.3, -0.25) is 9.41 Å². The van der Waals surface area contributed by atoms with Gasteiger partial charge in [-0.05, 0) is 0 Å². The number of rotatable bonds is 4. The van der Waals surface area contributed by atoms with Crippen molar-refractivity contribution in [2.45, 2.75) is 25.7 Å². The van der Waals surface area contributed by atoms with E-state index in [1.165, 1.54) is 31.2 Å². The van der Waals surface area contributed by atoms with Gasteiger partial charge in [0.15, 0.2) is 0 Å². The van der Waals surface area contributed by atoms with Crippen LogP contribution in [-0.2, 0) is 31.1 Å². The fourth-order valence-corrected chi connectivity index (χ4v) is 2.71. The van der Waals surface area contributed by atoms with Crippen LogP contribution in [0, 0.1) is 0 Å². The van der Waals surface area contributed by atoms with E-state index in [9.17, 15) is 0 Å². The molecule has 0 N–H and O–H groups in total. The second-order valence-electron chi connectivity index (χ2n) is 3.95. The van der Waals surface area contributed by atoms with Gasteiger partial charge in [0.05, 0.1) is 0 Å². The molecule has 0 saturated carbocycles. The Hall–Kier alpha value is -0.557. The monoisotopic (exact) mass is 313 g/mol. The van der Waals surface area contributed by atoms with Crippen molar-refractivity contribution in [3.05, 3.63) is 56.9 Å². The third kappa shape index (κ3) is 5.08. The number of aryl methyl sites for hydroxylation is 1. The Balaban J connectivity index is 0.00000128. The summed E-state index contributed by atoms with van der Waals surface area (Å²) in [5.74, 6) is 0. The first-order valence-electron chi connectivity index (χ1n) is 5.50. The molecular formula is C14H17F2Zr.